The fourth-order valence-corrected chi connectivity index (χ4v) is 0.804. The monoisotopic (exact) mass is 134 g/mol. The summed E-state index contributed by atoms with van der Waals surface area (Å²) in [5.41, 5.74) is 0. The molecule has 0 saturated carbocycles. The van der Waals surface area contributed by atoms with Crippen LogP contribution in [0.2, 0.25) is 0 Å². The van der Waals surface area contributed by atoms with Crippen molar-refractivity contribution in [3.05, 3.63) is 0 Å². The van der Waals surface area contributed by atoms with E-state index >= 15 is 0 Å². The highest BCUT2D eigenvalue weighted by molar-refractivity contribution is 4.72. The SMILES string of the molecule is [2H]C[C@H]1OC(OC)[C@H](O)[C@@H]1[2H]. The molecule has 0 bridgehead atoms. The standard InChI is InChI=1S/C6H12O3/c1-4-3-5(7)6(8-2)9-4/h4-7H,3H2,1-2H3/t4-,5-,6?/m1/s1/i1D,3D/t3-,4-,5-,6?. The molecule has 1 N–H and O–H groups in total. The number of hydrogen-bond acceptors (Lipinski definition) is 3. The summed E-state index contributed by atoms with van der Waals surface area (Å²) in [6.45, 7) is -0.00884. The fourth-order valence-electron chi connectivity index (χ4n) is 0.804. The average Bonchev–Trinajstić information content (AvgIpc) is 2.30. The predicted molar refractivity (Wildman–Crippen MR) is 32.0 cm³/mol. The minimum Gasteiger partial charge on any atom is -0.388 e. The molecule has 1 fully saturated rings. The smallest absolute Gasteiger partial charge is 0.183 e. The van der Waals surface area contributed by atoms with Crippen LogP contribution in [0.5, 0.6) is 0 Å². The van der Waals surface area contributed by atoms with Crippen LogP contribution in [0.15, 0.2) is 0 Å². The van der Waals surface area contributed by atoms with Crippen molar-refractivity contribution in [3.8, 4) is 0 Å². The van der Waals surface area contributed by atoms with Crippen molar-refractivity contribution >= 4 is 0 Å². The zero-order valence-electron chi connectivity index (χ0n) is 7.28. The quantitative estimate of drug-likeness (QED) is 0.554. The summed E-state index contributed by atoms with van der Waals surface area (Å²) in [5, 5.41) is 9.24. The third-order valence-electron chi connectivity index (χ3n) is 1.23. The highest BCUT2D eigenvalue weighted by atomic mass is 16.7. The molecule has 0 spiro atoms. The van der Waals surface area contributed by atoms with E-state index in [1.54, 1.807) is 0 Å². The van der Waals surface area contributed by atoms with Gasteiger partial charge in [0.2, 0.25) is 0 Å². The first kappa shape index (κ1) is 4.66. The Kier molecular flexibility index (Phi) is 1.37. The number of ether oxygens (including phenoxy) is 2. The summed E-state index contributed by atoms with van der Waals surface area (Å²) in [5.74, 6) is 0. The summed E-state index contributed by atoms with van der Waals surface area (Å²) in [7, 11) is 1.41. The molecule has 3 heteroatoms. The van der Waals surface area contributed by atoms with E-state index in [0.29, 0.717) is 0 Å². The topological polar surface area (TPSA) is 38.7 Å². The molecule has 0 aromatic heterocycles. The largest absolute Gasteiger partial charge is 0.388 e. The highest BCUT2D eigenvalue weighted by Gasteiger charge is 2.30. The van der Waals surface area contributed by atoms with E-state index < -0.39 is 24.9 Å². The van der Waals surface area contributed by atoms with E-state index in [2.05, 4.69) is 0 Å². The minimum atomic E-state index is -0.921. The minimum absolute atomic E-state index is 0.00884. The number of rotatable bonds is 1. The number of methoxy groups -OCH3 is 1. The molecule has 0 aromatic carbocycles. The van der Waals surface area contributed by atoms with Gasteiger partial charge < -0.3 is 14.6 Å². The molecule has 0 radical (unpaired) electrons. The molecule has 0 aliphatic carbocycles. The lowest BCUT2D eigenvalue weighted by atomic mass is 10.2. The Bertz CT molecular complexity index is 115. The van der Waals surface area contributed by atoms with Gasteiger partial charge in [0.25, 0.3) is 0 Å². The molecule has 0 aromatic rings. The van der Waals surface area contributed by atoms with E-state index in [1.807, 2.05) is 0 Å². The molecule has 3 nitrogen and oxygen atoms in total. The number of hydrogen-bond donors (Lipinski definition) is 1. The van der Waals surface area contributed by atoms with Crippen LogP contribution in [0, 0.1) is 0 Å². The Morgan fingerprint density at radius 3 is 3.11 bits per heavy atom. The van der Waals surface area contributed by atoms with Gasteiger partial charge in [-0.15, -0.1) is 0 Å². The maximum Gasteiger partial charge on any atom is 0.183 e. The molecule has 0 amide bonds. The summed E-state index contributed by atoms with van der Waals surface area (Å²) in [6, 6.07) is 0. The van der Waals surface area contributed by atoms with Crippen LogP contribution >= 0.6 is 0 Å². The van der Waals surface area contributed by atoms with Gasteiger partial charge in [-0.05, 0) is 6.90 Å². The lowest BCUT2D eigenvalue weighted by Crippen LogP contribution is -2.22. The van der Waals surface area contributed by atoms with Crippen molar-refractivity contribution in [2.24, 2.45) is 0 Å². The molecule has 1 aliphatic rings. The van der Waals surface area contributed by atoms with Gasteiger partial charge in [0, 0.05) is 16.2 Å². The number of aliphatic hydroxyl groups excluding tert-OH is 1. The van der Waals surface area contributed by atoms with E-state index in [9.17, 15) is 5.11 Å². The fraction of sp³-hybridized carbons (Fsp3) is 1.00. The third-order valence-corrected chi connectivity index (χ3v) is 1.23. The average molecular weight is 134 g/mol. The summed E-state index contributed by atoms with van der Waals surface area (Å²) in [4.78, 5) is 0. The highest BCUT2D eigenvalue weighted by Crippen LogP contribution is 2.19. The van der Waals surface area contributed by atoms with Crippen molar-refractivity contribution in [2.75, 3.05) is 7.11 Å². The van der Waals surface area contributed by atoms with Crippen LogP contribution in [0.25, 0.3) is 0 Å². The molecule has 1 saturated heterocycles. The Morgan fingerprint density at radius 1 is 2.00 bits per heavy atom. The van der Waals surface area contributed by atoms with Gasteiger partial charge in [0.15, 0.2) is 6.29 Å². The van der Waals surface area contributed by atoms with Crippen LogP contribution in [0.1, 0.15) is 16.0 Å². The summed E-state index contributed by atoms with van der Waals surface area (Å²) < 4.78 is 24.1. The van der Waals surface area contributed by atoms with Crippen molar-refractivity contribution in [2.45, 2.75) is 31.8 Å². The molecule has 1 rings (SSSR count). The Labute approximate surface area is 57.4 Å². The molecule has 1 aliphatic heterocycles. The normalized spacial score (nSPS) is 54.9. The maximum absolute atomic E-state index is 9.24. The molecular formula is C6H12O3. The van der Waals surface area contributed by atoms with E-state index in [1.165, 1.54) is 7.11 Å². The first-order valence-corrected chi connectivity index (χ1v) is 2.78. The molecule has 4 atom stereocenters. The Morgan fingerprint density at radius 2 is 2.78 bits per heavy atom. The lowest BCUT2D eigenvalue weighted by Gasteiger charge is -2.10. The Balaban J connectivity index is 2.53. The second kappa shape index (κ2) is 2.64. The summed E-state index contributed by atoms with van der Waals surface area (Å²) in [6.07, 6.45) is -2.92. The van der Waals surface area contributed by atoms with Crippen molar-refractivity contribution in [1.82, 2.24) is 0 Å². The van der Waals surface area contributed by atoms with Gasteiger partial charge in [0.1, 0.15) is 6.10 Å². The molecule has 9 heavy (non-hydrogen) atoms. The zero-order chi connectivity index (χ0) is 8.43. The predicted octanol–water partition coefficient (Wildman–Crippen LogP) is 0.129. The second-order valence-corrected chi connectivity index (χ2v) is 1.96. The third kappa shape index (κ3) is 1.41. The Hall–Kier alpha value is -0.120. The van der Waals surface area contributed by atoms with Gasteiger partial charge in [0.05, 0.1) is 6.10 Å². The van der Waals surface area contributed by atoms with Gasteiger partial charge in [-0.2, -0.15) is 0 Å². The van der Waals surface area contributed by atoms with Crippen LogP contribution in [-0.4, -0.2) is 30.7 Å². The van der Waals surface area contributed by atoms with Gasteiger partial charge >= 0.3 is 0 Å². The lowest BCUT2D eigenvalue weighted by molar-refractivity contribution is -0.145. The van der Waals surface area contributed by atoms with Crippen LogP contribution < -0.4 is 0 Å². The van der Waals surface area contributed by atoms with Gasteiger partial charge in [-0.3, -0.25) is 0 Å². The van der Waals surface area contributed by atoms with Crippen LogP contribution in [0.4, 0.5) is 0 Å². The number of aliphatic hydroxyl groups is 1. The van der Waals surface area contributed by atoms with E-state index in [0.717, 1.165) is 0 Å². The second-order valence-electron chi connectivity index (χ2n) is 1.96. The van der Waals surface area contributed by atoms with Gasteiger partial charge in [-0.25, -0.2) is 0 Å². The summed E-state index contributed by atoms with van der Waals surface area (Å²) >= 11 is 0. The van der Waals surface area contributed by atoms with Crippen LogP contribution in [0.3, 0.4) is 0 Å². The van der Waals surface area contributed by atoms with E-state index in [-0.39, 0.29) is 6.90 Å². The maximum atomic E-state index is 9.24. The zero-order valence-corrected chi connectivity index (χ0v) is 5.28. The molecule has 54 valence electrons. The van der Waals surface area contributed by atoms with Crippen LogP contribution in [-0.2, 0) is 9.47 Å². The molecular weight excluding hydrogens is 120 g/mol. The first-order valence-electron chi connectivity index (χ1n) is 4.07. The van der Waals surface area contributed by atoms with Crippen molar-refractivity contribution in [3.63, 3.8) is 0 Å². The first-order chi connectivity index (χ1) is 5.20. The van der Waals surface area contributed by atoms with Crippen molar-refractivity contribution < 1.29 is 17.3 Å². The van der Waals surface area contributed by atoms with Crippen molar-refractivity contribution in [1.29, 1.82) is 0 Å². The molecule has 1 heterocycles. The molecule has 1 unspecified atom stereocenters. The van der Waals surface area contributed by atoms with E-state index in [4.69, 9.17) is 12.2 Å². The van der Waals surface area contributed by atoms with Gasteiger partial charge in [-0.1, -0.05) is 0 Å².